The fourth-order valence-corrected chi connectivity index (χ4v) is 4.82. The maximum Gasteiger partial charge on any atom is 0.411 e. The third-order valence-corrected chi connectivity index (χ3v) is 7.23. The van der Waals surface area contributed by atoms with Crippen LogP contribution in [0.2, 0.25) is 0 Å². The summed E-state index contributed by atoms with van der Waals surface area (Å²) < 4.78 is 32.0. The zero-order valence-corrected chi connectivity index (χ0v) is 19.8. The quantitative estimate of drug-likeness (QED) is 0.362. The maximum absolute atomic E-state index is 13.2. The minimum absolute atomic E-state index is 0.00760. The largest absolute Gasteiger partial charge is 0.516 e. The molecule has 3 amide bonds. The summed E-state index contributed by atoms with van der Waals surface area (Å²) in [7, 11) is -3.82. The molecule has 2 atom stereocenters. The molecule has 3 N–H and O–H groups in total. The second-order valence-corrected chi connectivity index (χ2v) is 11.2. The van der Waals surface area contributed by atoms with E-state index in [1.54, 1.807) is 27.7 Å². The normalized spacial score (nSPS) is 22.2. The molecule has 0 spiro atoms. The first-order chi connectivity index (χ1) is 14.8. The summed E-state index contributed by atoms with van der Waals surface area (Å²) in [6, 6.07) is -1.04. The summed E-state index contributed by atoms with van der Waals surface area (Å²) in [6.07, 6.45) is 2.64. The van der Waals surface area contributed by atoms with Crippen molar-refractivity contribution in [1.82, 2.24) is 14.9 Å². The predicted octanol–water partition coefficient (Wildman–Crippen LogP) is 1.89. The van der Waals surface area contributed by atoms with E-state index >= 15 is 0 Å². The van der Waals surface area contributed by atoms with Gasteiger partial charge in [0, 0.05) is 13.0 Å². The molecule has 1 aliphatic heterocycles. The van der Waals surface area contributed by atoms with Gasteiger partial charge in [-0.1, -0.05) is 13.0 Å². The number of carbonyl (C=O) groups excluding carboxylic acids is 3. The third-order valence-electron chi connectivity index (χ3n) is 5.41. The van der Waals surface area contributed by atoms with Gasteiger partial charge in [-0.2, -0.15) is 0 Å². The fraction of sp³-hybridized carbons (Fsp3) is 0.667. The Morgan fingerprint density at radius 3 is 2.38 bits per heavy atom. The van der Waals surface area contributed by atoms with E-state index in [4.69, 9.17) is 4.74 Å². The molecular weight excluding hydrogens is 438 g/mol. The zero-order valence-electron chi connectivity index (χ0n) is 19.0. The van der Waals surface area contributed by atoms with E-state index in [-0.39, 0.29) is 25.8 Å². The van der Waals surface area contributed by atoms with Crippen LogP contribution in [-0.2, 0) is 24.3 Å². The van der Waals surface area contributed by atoms with Crippen molar-refractivity contribution in [2.24, 2.45) is 0 Å². The van der Waals surface area contributed by atoms with Gasteiger partial charge in [-0.25, -0.2) is 13.2 Å². The van der Waals surface area contributed by atoms with Crippen molar-refractivity contribution in [2.45, 2.75) is 82.2 Å². The molecule has 0 aromatic heterocycles. The number of nitrogens with zero attached hydrogens (tertiary/aromatic N) is 1. The molecule has 32 heavy (non-hydrogen) atoms. The smallest absolute Gasteiger partial charge is 0.411 e. The van der Waals surface area contributed by atoms with Gasteiger partial charge in [0.25, 0.3) is 5.91 Å². The summed E-state index contributed by atoms with van der Waals surface area (Å²) in [5.41, 5.74) is -1.91. The molecule has 2 fully saturated rings. The number of ether oxygens (including phenoxy) is 1. The lowest BCUT2D eigenvalue weighted by Gasteiger charge is -2.34. The Labute approximate surface area is 189 Å². The van der Waals surface area contributed by atoms with E-state index in [2.05, 4.69) is 16.6 Å². The first-order valence-corrected chi connectivity index (χ1v) is 12.1. The molecule has 0 unspecified atom stereocenters. The summed E-state index contributed by atoms with van der Waals surface area (Å²) >= 11 is 0. The number of rotatable bonds is 8. The summed E-state index contributed by atoms with van der Waals surface area (Å²) in [5.74, 6) is -1.50. The summed E-state index contributed by atoms with van der Waals surface area (Å²) in [5, 5.41) is 11.5. The Kier molecular flexibility index (Phi) is 7.64. The second-order valence-electron chi connectivity index (χ2n) is 9.21. The van der Waals surface area contributed by atoms with E-state index in [1.165, 1.54) is 11.0 Å². The topological polar surface area (TPSA) is 142 Å². The number of sulfonamides is 1. The minimum Gasteiger partial charge on any atom is -0.516 e. The number of hydrogen-bond donors (Lipinski definition) is 3. The van der Waals surface area contributed by atoms with E-state index in [9.17, 15) is 27.9 Å². The third kappa shape index (κ3) is 6.02. The molecule has 2 rings (SSSR count). The molecule has 0 radical (unpaired) electrons. The Hall–Kier alpha value is -2.56. The van der Waals surface area contributed by atoms with Crippen molar-refractivity contribution >= 4 is 27.9 Å². The zero-order chi connectivity index (χ0) is 24.3. The predicted molar refractivity (Wildman–Crippen MR) is 118 cm³/mol. The van der Waals surface area contributed by atoms with Crippen molar-refractivity contribution in [3.05, 3.63) is 24.5 Å². The number of carbonyl (C=O) groups is 3. The molecule has 1 saturated heterocycles. The highest BCUT2D eigenvalue weighted by molar-refractivity contribution is 7.90. The number of aliphatic hydroxyl groups excluding tert-OH is 1. The van der Waals surface area contributed by atoms with Gasteiger partial charge < -0.3 is 15.2 Å². The number of nitrogens with one attached hydrogen (secondary N) is 2. The van der Waals surface area contributed by atoms with Crippen LogP contribution in [0.3, 0.4) is 0 Å². The van der Waals surface area contributed by atoms with Crippen LogP contribution >= 0.6 is 0 Å². The number of amides is 3. The van der Waals surface area contributed by atoms with Crippen molar-refractivity contribution in [1.29, 1.82) is 0 Å². The van der Waals surface area contributed by atoms with Crippen molar-refractivity contribution in [3.8, 4) is 0 Å². The number of aliphatic hydroxyl groups is 1. The molecular formula is C21H33N3O7S. The van der Waals surface area contributed by atoms with Crippen LogP contribution < -0.4 is 10.0 Å². The highest BCUT2D eigenvalue weighted by atomic mass is 32.2. The first-order valence-electron chi connectivity index (χ1n) is 10.6. The Bertz CT molecular complexity index is 903. The van der Waals surface area contributed by atoms with E-state index in [1.807, 2.05) is 0 Å². The minimum atomic E-state index is -3.82. The fourth-order valence-electron chi connectivity index (χ4n) is 3.44. The van der Waals surface area contributed by atoms with Gasteiger partial charge in [0.15, 0.2) is 0 Å². The molecule has 1 aliphatic carbocycles. The van der Waals surface area contributed by atoms with Gasteiger partial charge in [0.1, 0.15) is 17.2 Å². The highest BCUT2D eigenvalue weighted by Gasteiger charge is 2.46. The van der Waals surface area contributed by atoms with Crippen LogP contribution in [0.25, 0.3) is 0 Å². The van der Waals surface area contributed by atoms with Crippen LogP contribution in [-0.4, -0.2) is 65.3 Å². The van der Waals surface area contributed by atoms with Crippen LogP contribution in [0, 0.1) is 0 Å². The van der Waals surface area contributed by atoms with Crippen molar-refractivity contribution in [3.63, 3.8) is 0 Å². The van der Waals surface area contributed by atoms with E-state index < -0.39 is 50.4 Å². The standard InChI is InChI=1S/C21H33N3O7S/c1-6-10-21(7-2,18(27)23-32(29,30)15-8-9-15)22-17(26)16-11-14(13-25)12-24(16)19(28)31-20(3,4)5/h6,13,15-16,25H,1,7-12H2,2-5H3,(H,22,26)(H,23,27)/b14-13-/t16-,21+/m0/s1. The SMILES string of the molecule is C=CC[C@@](CC)(NC(=O)[C@@H]1C/C(=C/O)CN1C(=O)OC(C)(C)C)C(=O)NS(=O)(=O)C1CC1. The van der Waals surface area contributed by atoms with Crippen LogP contribution in [0.5, 0.6) is 0 Å². The van der Waals surface area contributed by atoms with Crippen LogP contribution in [0.1, 0.15) is 59.8 Å². The van der Waals surface area contributed by atoms with Gasteiger partial charge in [0.05, 0.1) is 11.5 Å². The maximum atomic E-state index is 13.2. The Balaban J connectivity index is 2.27. The average molecular weight is 472 g/mol. The molecule has 1 heterocycles. The summed E-state index contributed by atoms with van der Waals surface area (Å²) in [4.78, 5) is 40.0. The lowest BCUT2D eigenvalue weighted by atomic mass is 9.90. The highest BCUT2D eigenvalue weighted by Crippen LogP contribution is 2.29. The van der Waals surface area contributed by atoms with E-state index in [0.717, 1.165) is 6.26 Å². The Morgan fingerprint density at radius 2 is 1.91 bits per heavy atom. The van der Waals surface area contributed by atoms with Gasteiger partial charge in [0.2, 0.25) is 15.9 Å². The van der Waals surface area contributed by atoms with Crippen molar-refractivity contribution in [2.75, 3.05) is 6.54 Å². The molecule has 11 heteroatoms. The van der Waals surface area contributed by atoms with E-state index in [0.29, 0.717) is 18.4 Å². The molecule has 0 bridgehead atoms. The van der Waals surface area contributed by atoms with Gasteiger partial charge in [-0.05, 0) is 52.0 Å². The molecule has 1 saturated carbocycles. The Morgan fingerprint density at radius 1 is 1.28 bits per heavy atom. The number of likely N-dealkylation sites (tertiary alicyclic amines) is 1. The van der Waals surface area contributed by atoms with Crippen LogP contribution in [0.15, 0.2) is 24.5 Å². The van der Waals surface area contributed by atoms with Gasteiger partial charge in [-0.3, -0.25) is 19.2 Å². The molecule has 10 nitrogen and oxygen atoms in total. The molecule has 0 aromatic rings. The average Bonchev–Trinajstić information content (AvgIpc) is 3.45. The lowest BCUT2D eigenvalue weighted by molar-refractivity contribution is -0.134. The van der Waals surface area contributed by atoms with Crippen molar-refractivity contribution < 1.29 is 32.6 Å². The van der Waals surface area contributed by atoms with Crippen LogP contribution in [0.4, 0.5) is 4.79 Å². The van der Waals surface area contributed by atoms with Gasteiger partial charge in [-0.15, -0.1) is 6.58 Å². The number of hydrogen-bond acceptors (Lipinski definition) is 7. The van der Waals surface area contributed by atoms with Gasteiger partial charge >= 0.3 is 6.09 Å². The summed E-state index contributed by atoms with van der Waals surface area (Å²) in [6.45, 7) is 10.3. The monoisotopic (exact) mass is 471 g/mol. The molecule has 2 aliphatic rings. The molecule has 180 valence electrons. The second kappa shape index (κ2) is 9.51. The lowest BCUT2D eigenvalue weighted by Crippen LogP contribution is -2.62. The first kappa shape index (κ1) is 25.7. The molecule has 0 aromatic carbocycles.